The zero-order chi connectivity index (χ0) is 21.2. The Hall–Kier alpha value is -2.48. The number of nitrogens with one attached hydrogen (secondary N) is 1. The first-order valence-electron chi connectivity index (χ1n) is 9.97. The first-order valence-corrected chi connectivity index (χ1v) is 11.5. The Bertz CT molecular complexity index is 988. The first-order chi connectivity index (χ1) is 13.8. The number of piperidine rings is 1. The number of ether oxygens (including phenoxy) is 1. The summed E-state index contributed by atoms with van der Waals surface area (Å²) in [4.78, 5) is 15.0. The van der Waals surface area contributed by atoms with E-state index in [9.17, 15) is 13.2 Å². The molecule has 0 radical (unpaired) electrons. The molecule has 0 bridgehead atoms. The first kappa shape index (κ1) is 21.2. The summed E-state index contributed by atoms with van der Waals surface area (Å²) < 4.78 is 36.3. The van der Waals surface area contributed by atoms with Crippen LogP contribution in [0.2, 0.25) is 0 Å². The van der Waals surface area contributed by atoms with Crippen LogP contribution in [0.1, 0.15) is 47.9 Å². The molecule has 1 aromatic heterocycles. The fourth-order valence-electron chi connectivity index (χ4n) is 3.74. The molecule has 0 atom stereocenters. The van der Waals surface area contributed by atoms with Gasteiger partial charge in [0, 0.05) is 37.2 Å². The normalized spacial score (nSPS) is 14.7. The Labute approximate surface area is 172 Å². The van der Waals surface area contributed by atoms with Gasteiger partial charge in [-0.25, -0.2) is 8.42 Å². The lowest BCUT2D eigenvalue weighted by atomic mass is 10.1. The van der Waals surface area contributed by atoms with Gasteiger partial charge in [0.15, 0.2) is 0 Å². The van der Waals surface area contributed by atoms with Gasteiger partial charge in [0.05, 0.1) is 12.2 Å². The third-order valence-corrected chi connectivity index (χ3v) is 7.01. The van der Waals surface area contributed by atoms with Crippen LogP contribution >= 0.6 is 0 Å². The summed E-state index contributed by atoms with van der Waals surface area (Å²) in [6, 6.07) is 6.73. The Kier molecular flexibility index (Phi) is 6.21. The SMILES string of the molecule is CCOc1ccc(NS(=O)(=O)c2c(C(=O)N3CCCCC3)c(C)n(C)c2C)cc1. The minimum absolute atomic E-state index is 0.0574. The summed E-state index contributed by atoms with van der Waals surface area (Å²) in [5.41, 5.74) is 1.89. The van der Waals surface area contributed by atoms with Crippen LogP contribution in [0.5, 0.6) is 5.75 Å². The van der Waals surface area contributed by atoms with Crippen LogP contribution in [-0.2, 0) is 17.1 Å². The van der Waals surface area contributed by atoms with Crippen molar-refractivity contribution in [3.63, 3.8) is 0 Å². The second kappa shape index (κ2) is 8.49. The number of hydrogen-bond donors (Lipinski definition) is 1. The van der Waals surface area contributed by atoms with Crippen LogP contribution in [0.15, 0.2) is 29.2 Å². The monoisotopic (exact) mass is 419 g/mol. The van der Waals surface area contributed by atoms with Crippen LogP contribution in [0.25, 0.3) is 0 Å². The molecule has 1 amide bonds. The maximum atomic E-state index is 13.3. The van der Waals surface area contributed by atoms with Crippen LogP contribution in [0, 0.1) is 13.8 Å². The van der Waals surface area contributed by atoms with E-state index in [1.165, 1.54) is 0 Å². The van der Waals surface area contributed by atoms with E-state index < -0.39 is 10.0 Å². The van der Waals surface area contributed by atoms with Gasteiger partial charge in [-0.3, -0.25) is 9.52 Å². The number of hydrogen-bond acceptors (Lipinski definition) is 4. The summed E-state index contributed by atoms with van der Waals surface area (Å²) in [7, 11) is -2.16. The minimum Gasteiger partial charge on any atom is -0.494 e. The number of benzene rings is 1. The van der Waals surface area contributed by atoms with Crippen molar-refractivity contribution >= 4 is 21.6 Å². The lowest BCUT2D eigenvalue weighted by Crippen LogP contribution is -2.36. The summed E-state index contributed by atoms with van der Waals surface area (Å²) in [6.45, 7) is 7.27. The molecular weight excluding hydrogens is 390 g/mol. The van der Waals surface area contributed by atoms with E-state index >= 15 is 0 Å². The van der Waals surface area contributed by atoms with E-state index in [0.29, 0.717) is 42.5 Å². The molecule has 2 aromatic rings. The molecule has 29 heavy (non-hydrogen) atoms. The molecule has 1 aliphatic heterocycles. The second-order valence-corrected chi connectivity index (χ2v) is 8.97. The predicted molar refractivity (Wildman–Crippen MR) is 113 cm³/mol. The van der Waals surface area contributed by atoms with E-state index in [2.05, 4.69) is 4.72 Å². The van der Waals surface area contributed by atoms with Crippen molar-refractivity contribution in [1.82, 2.24) is 9.47 Å². The molecule has 2 heterocycles. The molecule has 1 aliphatic rings. The van der Waals surface area contributed by atoms with Gasteiger partial charge in [-0.1, -0.05) is 0 Å². The number of likely N-dealkylation sites (tertiary alicyclic amines) is 1. The lowest BCUT2D eigenvalue weighted by molar-refractivity contribution is 0.0720. The van der Waals surface area contributed by atoms with Crippen molar-refractivity contribution in [2.24, 2.45) is 7.05 Å². The van der Waals surface area contributed by atoms with Gasteiger partial charge in [-0.05, 0) is 64.3 Å². The number of sulfonamides is 1. The van der Waals surface area contributed by atoms with E-state index in [4.69, 9.17) is 4.74 Å². The van der Waals surface area contributed by atoms with E-state index in [1.807, 2.05) is 6.92 Å². The third-order valence-electron chi connectivity index (χ3n) is 5.47. The Morgan fingerprint density at radius 3 is 2.28 bits per heavy atom. The molecule has 7 nitrogen and oxygen atoms in total. The molecule has 1 aromatic carbocycles. The fourth-order valence-corrected chi connectivity index (χ4v) is 5.32. The number of nitrogens with zero attached hydrogens (tertiary/aromatic N) is 2. The average molecular weight is 420 g/mol. The Morgan fingerprint density at radius 1 is 1.07 bits per heavy atom. The van der Waals surface area contributed by atoms with Crippen LogP contribution < -0.4 is 9.46 Å². The van der Waals surface area contributed by atoms with Crippen molar-refractivity contribution in [2.75, 3.05) is 24.4 Å². The fraction of sp³-hybridized carbons (Fsp3) is 0.476. The topological polar surface area (TPSA) is 80.6 Å². The number of carbonyl (C=O) groups excluding carboxylic acids is 1. The minimum atomic E-state index is -3.94. The molecule has 0 saturated carbocycles. The number of carbonyl (C=O) groups is 1. The van der Waals surface area contributed by atoms with Crippen molar-refractivity contribution in [3.05, 3.63) is 41.2 Å². The summed E-state index contributed by atoms with van der Waals surface area (Å²) in [6.07, 6.45) is 2.99. The molecule has 1 saturated heterocycles. The highest BCUT2D eigenvalue weighted by molar-refractivity contribution is 7.92. The van der Waals surface area contributed by atoms with Crippen LogP contribution in [0.4, 0.5) is 5.69 Å². The van der Waals surface area contributed by atoms with Gasteiger partial charge >= 0.3 is 0 Å². The van der Waals surface area contributed by atoms with Gasteiger partial charge in [0.25, 0.3) is 15.9 Å². The van der Waals surface area contributed by atoms with Crippen molar-refractivity contribution < 1.29 is 17.9 Å². The molecule has 158 valence electrons. The number of rotatable bonds is 6. The molecule has 8 heteroatoms. The number of anilines is 1. The van der Waals surface area contributed by atoms with E-state index in [1.54, 1.807) is 54.6 Å². The Balaban J connectivity index is 1.97. The highest BCUT2D eigenvalue weighted by Gasteiger charge is 2.33. The molecule has 0 spiro atoms. The molecule has 0 unspecified atom stereocenters. The smallest absolute Gasteiger partial charge is 0.264 e. The maximum Gasteiger partial charge on any atom is 0.264 e. The summed E-state index contributed by atoms with van der Waals surface area (Å²) >= 11 is 0. The van der Waals surface area contributed by atoms with Crippen LogP contribution in [-0.4, -0.2) is 43.5 Å². The molecular formula is C21H29N3O4S. The van der Waals surface area contributed by atoms with Gasteiger partial charge < -0.3 is 14.2 Å². The molecule has 0 aliphatic carbocycles. The lowest BCUT2D eigenvalue weighted by Gasteiger charge is -2.27. The van der Waals surface area contributed by atoms with E-state index in [0.717, 1.165) is 19.3 Å². The Morgan fingerprint density at radius 2 is 1.69 bits per heavy atom. The summed E-state index contributed by atoms with van der Waals surface area (Å²) in [5.74, 6) is 0.459. The highest BCUT2D eigenvalue weighted by Crippen LogP contribution is 2.30. The van der Waals surface area contributed by atoms with E-state index in [-0.39, 0.29) is 16.4 Å². The van der Waals surface area contributed by atoms with Crippen molar-refractivity contribution in [2.45, 2.75) is 44.9 Å². The number of amides is 1. The van der Waals surface area contributed by atoms with Crippen molar-refractivity contribution in [1.29, 1.82) is 0 Å². The highest BCUT2D eigenvalue weighted by atomic mass is 32.2. The standard InChI is InChI=1S/C21H29N3O4S/c1-5-28-18-11-9-17(10-12-18)22-29(26,27)20-16(3)23(4)15(2)19(20)21(25)24-13-7-6-8-14-24/h9-12,22H,5-8,13-14H2,1-4H3. The molecule has 1 fully saturated rings. The van der Waals surface area contributed by atoms with Gasteiger partial charge in [0.1, 0.15) is 10.6 Å². The predicted octanol–water partition coefficient (Wildman–Crippen LogP) is 3.47. The van der Waals surface area contributed by atoms with Gasteiger partial charge in [0.2, 0.25) is 0 Å². The summed E-state index contributed by atoms with van der Waals surface area (Å²) in [5, 5.41) is 0. The van der Waals surface area contributed by atoms with Gasteiger partial charge in [-0.2, -0.15) is 0 Å². The molecule has 3 rings (SSSR count). The zero-order valence-corrected chi connectivity index (χ0v) is 18.3. The average Bonchev–Trinajstić information content (AvgIpc) is 2.94. The second-order valence-electron chi connectivity index (χ2n) is 7.35. The molecule has 1 N–H and O–H groups in total. The van der Waals surface area contributed by atoms with Crippen LogP contribution in [0.3, 0.4) is 0 Å². The third kappa shape index (κ3) is 4.27. The number of aromatic nitrogens is 1. The van der Waals surface area contributed by atoms with Gasteiger partial charge in [-0.15, -0.1) is 0 Å². The maximum absolute atomic E-state index is 13.3. The van der Waals surface area contributed by atoms with Crippen molar-refractivity contribution in [3.8, 4) is 5.75 Å². The quantitative estimate of drug-likeness (QED) is 0.777. The largest absolute Gasteiger partial charge is 0.494 e. The zero-order valence-electron chi connectivity index (χ0n) is 17.5.